The van der Waals surface area contributed by atoms with Crippen LogP contribution >= 0.6 is 0 Å². The minimum absolute atomic E-state index is 0.272. The Bertz CT molecular complexity index is 545. The second-order valence-electron chi connectivity index (χ2n) is 5.10. The van der Waals surface area contributed by atoms with Gasteiger partial charge in [0.05, 0.1) is 6.20 Å². The smallest absolute Gasteiger partial charge is 0.144 e. The van der Waals surface area contributed by atoms with Gasteiger partial charge in [-0.2, -0.15) is 0 Å². The number of nitrogens with one attached hydrogen (secondary N) is 1. The Morgan fingerprint density at radius 1 is 1.32 bits per heavy atom. The van der Waals surface area contributed by atoms with Gasteiger partial charge in [-0.05, 0) is 37.9 Å². The average Bonchev–Trinajstić information content (AvgIpc) is 2.88. The van der Waals surface area contributed by atoms with Crippen molar-refractivity contribution in [3.05, 3.63) is 36.2 Å². The summed E-state index contributed by atoms with van der Waals surface area (Å²) in [5.41, 5.74) is 1.70. The highest BCUT2D eigenvalue weighted by Crippen LogP contribution is 2.32. The van der Waals surface area contributed by atoms with E-state index in [0.29, 0.717) is 5.92 Å². The third-order valence-electron chi connectivity index (χ3n) is 3.71. The molecule has 19 heavy (non-hydrogen) atoms. The normalized spacial score (nSPS) is 19.5. The van der Waals surface area contributed by atoms with Crippen molar-refractivity contribution in [2.45, 2.75) is 19.3 Å². The Morgan fingerprint density at radius 2 is 2.21 bits per heavy atom. The molecule has 100 valence electrons. The van der Waals surface area contributed by atoms with Crippen LogP contribution in [0, 0.1) is 5.92 Å². The van der Waals surface area contributed by atoms with E-state index in [1.54, 1.807) is 12.3 Å². The Kier molecular flexibility index (Phi) is 3.51. The first-order chi connectivity index (χ1) is 9.34. The van der Waals surface area contributed by atoms with Crippen LogP contribution in [0.3, 0.4) is 0 Å². The lowest BCUT2D eigenvalue weighted by Crippen LogP contribution is -2.30. The molecule has 1 aliphatic heterocycles. The van der Waals surface area contributed by atoms with Gasteiger partial charge < -0.3 is 14.9 Å². The first-order valence-electron chi connectivity index (χ1n) is 6.77. The van der Waals surface area contributed by atoms with Gasteiger partial charge in [-0.3, -0.25) is 0 Å². The van der Waals surface area contributed by atoms with Crippen LogP contribution in [0.4, 0.5) is 0 Å². The standard InChI is InChI=1S/C15H18N2O2/c18-14-6-2-1-5-12(14)13-10-17-19-15(13)8-11-4-3-7-16-9-11/h1-2,5-6,10-11,16,18H,3-4,7-9H2. The van der Waals surface area contributed by atoms with Gasteiger partial charge in [-0.25, -0.2) is 0 Å². The molecule has 1 atom stereocenters. The summed E-state index contributed by atoms with van der Waals surface area (Å²) in [6.45, 7) is 2.14. The number of aromatic hydroxyl groups is 1. The number of aromatic nitrogens is 1. The zero-order valence-corrected chi connectivity index (χ0v) is 10.8. The second-order valence-corrected chi connectivity index (χ2v) is 5.10. The maximum Gasteiger partial charge on any atom is 0.144 e. The molecule has 1 aliphatic rings. The first kappa shape index (κ1) is 12.2. The van der Waals surface area contributed by atoms with Crippen LogP contribution in [0.15, 0.2) is 35.0 Å². The molecule has 0 radical (unpaired) electrons. The van der Waals surface area contributed by atoms with Crippen molar-refractivity contribution in [3.8, 4) is 16.9 Å². The minimum atomic E-state index is 0.272. The maximum atomic E-state index is 9.93. The molecule has 0 aliphatic carbocycles. The SMILES string of the molecule is Oc1ccccc1-c1cnoc1CC1CCCNC1. The van der Waals surface area contributed by atoms with E-state index in [4.69, 9.17) is 4.52 Å². The highest BCUT2D eigenvalue weighted by molar-refractivity contribution is 5.70. The third-order valence-corrected chi connectivity index (χ3v) is 3.71. The van der Waals surface area contributed by atoms with Crippen LogP contribution in [0.2, 0.25) is 0 Å². The summed E-state index contributed by atoms with van der Waals surface area (Å²) in [7, 11) is 0. The van der Waals surface area contributed by atoms with Crippen LogP contribution in [0.25, 0.3) is 11.1 Å². The molecule has 1 aromatic heterocycles. The first-order valence-corrected chi connectivity index (χ1v) is 6.77. The van der Waals surface area contributed by atoms with Crippen LogP contribution in [-0.2, 0) is 6.42 Å². The molecule has 2 aromatic rings. The summed E-state index contributed by atoms with van der Waals surface area (Å²) in [4.78, 5) is 0. The highest BCUT2D eigenvalue weighted by atomic mass is 16.5. The Hall–Kier alpha value is -1.81. The number of para-hydroxylation sites is 1. The number of benzene rings is 1. The topological polar surface area (TPSA) is 58.3 Å². The fourth-order valence-electron chi connectivity index (χ4n) is 2.69. The fourth-order valence-corrected chi connectivity index (χ4v) is 2.69. The van der Waals surface area contributed by atoms with Crippen molar-refractivity contribution < 1.29 is 9.63 Å². The lowest BCUT2D eigenvalue weighted by molar-refractivity contribution is 0.321. The Balaban J connectivity index is 1.84. The summed E-state index contributed by atoms with van der Waals surface area (Å²) in [5.74, 6) is 1.73. The van der Waals surface area contributed by atoms with E-state index in [9.17, 15) is 5.11 Å². The molecule has 1 unspecified atom stereocenters. The van der Waals surface area contributed by atoms with Crippen molar-refractivity contribution in [2.24, 2.45) is 5.92 Å². The van der Waals surface area contributed by atoms with Gasteiger partial charge in [0.15, 0.2) is 0 Å². The molecule has 2 N–H and O–H groups in total. The highest BCUT2D eigenvalue weighted by Gasteiger charge is 2.19. The molecule has 3 rings (SSSR count). The van der Waals surface area contributed by atoms with Crippen molar-refractivity contribution in [3.63, 3.8) is 0 Å². The summed E-state index contributed by atoms with van der Waals surface area (Å²) >= 11 is 0. The van der Waals surface area contributed by atoms with Crippen LogP contribution < -0.4 is 5.32 Å². The molecular formula is C15H18N2O2. The van der Waals surface area contributed by atoms with Gasteiger partial charge in [-0.1, -0.05) is 23.4 Å². The molecule has 2 heterocycles. The number of phenolic OH excluding ortho intramolecular Hbond substituents is 1. The Labute approximate surface area is 112 Å². The second kappa shape index (κ2) is 5.45. The number of nitrogens with zero attached hydrogens (tertiary/aromatic N) is 1. The Morgan fingerprint density at radius 3 is 3.00 bits per heavy atom. The van der Waals surface area contributed by atoms with E-state index < -0.39 is 0 Å². The molecule has 0 spiro atoms. The maximum absolute atomic E-state index is 9.93. The number of phenols is 1. The summed E-state index contributed by atoms with van der Waals surface area (Å²) in [6.07, 6.45) is 5.00. The number of piperidine rings is 1. The monoisotopic (exact) mass is 258 g/mol. The fraction of sp³-hybridized carbons (Fsp3) is 0.400. The van der Waals surface area contributed by atoms with Crippen molar-refractivity contribution in [1.29, 1.82) is 0 Å². The zero-order chi connectivity index (χ0) is 13.1. The quantitative estimate of drug-likeness (QED) is 0.888. The largest absolute Gasteiger partial charge is 0.507 e. The minimum Gasteiger partial charge on any atom is -0.507 e. The summed E-state index contributed by atoms with van der Waals surface area (Å²) in [6, 6.07) is 7.31. The number of hydrogen-bond acceptors (Lipinski definition) is 4. The molecule has 1 saturated heterocycles. The predicted molar refractivity (Wildman–Crippen MR) is 72.9 cm³/mol. The van der Waals surface area contributed by atoms with Gasteiger partial charge in [0, 0.05) is 17.5 Å². The van der Waals surface area contributed by atoms with Crippen LogP contribution in [-0.4, -0.2) is 23.4 Å². The third kappa shape index (κ3) is 2.63. The van der Waals surface area contributed by atoms with Crippen molar-refractivity contribution >= 4 is 0 Å². The van der Waals surface area contributed by atoms with E-state index in [2.05, 4.69) is 10.5 Å². The van der Waals surface area contributed by atoms with Crippen LogP contribution in [0.5, 0.6) is 5.75 Å². The molecule has 0 saturated carbocycles. The predicted octanol–water partition coefficient (Wildman–Crippen LogP) is 2.59. The van der Waals surface area contributed by atoms with Gasteiger partial charge in [0.1, 0.15) is 11.5 Å². The van der Waals surface area contributed by atoms with Gasteiger partial charge in [-0.15, -0.1) is 0 Å². The number of rotatable bonds is 3. The molecule has 4 heteroatoms. The van der Waals surface area contributed by atoms with E-state index in [1.807, 2.05) is 18.2 Å². The molecular weight excluding hydrogens is 240 g/mol. The zero-order valence-electron chi connectivity index (χ0n) is 10.8. The van der Waals surface area contributed by atoms with E-state index in [0.717, 1.165) is 36.4 Å². The molecule has 0 amide bonds. The van der Waals surface area contributed by atoms with Crippen LogP contribution in [0.1, 0.15) is 18.6 Å². The van der Waals surface area contributed by atoms with Crippen molar-refractivity contribution in [2.75, 3.05) is 13.1 Å². The summed E-state index contributed by atoms with van der Waals surface area (Å²) < 4.78 is 5.39. The number of hydrogen-bond donors (Lipinski definition) is 2. The molecule has 1 fully saturated rings. The molecule has 0 bridgehead atoms. The van der Waals surface area contributed by atoms with Gasteiger partial charge >= 0.3 is 0 Å². The van der Waals surface area contributed by atoms with E-state index >= 15 is 0 Å². The lowest BCUT2D eigenvalue weighted by atomic mass is 9.92. The average molecular weight is 258 g/mol. The van der Waals surface area contributed by atoms with Gasteiger partial charge in [0.2, 0.25) is 0 Å². The molecule has 1 aromatic carbocycles. The summed E-state index contributed by atoms with van der Waals surface area (Å²) in [5, 5.41) is 17.2. The molecule has 4 nitrogen and oxygen atoms in total. The van der Waals surface area contributed by atoms with Crippen molar-refractivity contribution in [1.82, 2.24) is 10.5 Å². The van der Waals surface area contributed by atoms with E-state index in [1.165, 1.54) is 12.8 Å². The van der Waals surface area contributed by atoms with E-state index in [-0.39, 0.29) is 5.75 Å². The lowest BCUT2D eigenvalue weighted by Gasteiger charge is -2.21. The van der Waals surface area contributed by atoms with Gasteiger partial charge in [0.25, 0.3) is 0 Å².